The Morgan fingerprint density at radius 3 is 2.61 bits per heavy atom. The first kappa shape index (κ1) is 17.0. The summed E-state index contributed by atoms with van der Waals surface area (Å²) in [6, 6.07) is 17.6. The Morgan fingerprint density at radius 1 is 0.964 bits per heavy atom. The summed E-state index contributed by atoms with van der Waals surface area (Å²) in [5, 5.41) is 11.9. The zero-order valence-corrected chi connectivity index (χ0v) is 15.9. The molecular formula is C25H16ClNO. The van der Waals surface area contributed by atoms with E-state index in [1.54, 1.807) is 0 Å². The van der Waals surface area contributed by atoms with Crippen LogP contribution in [0.25, 0.3) is 27.5 Å². The van der Waals surface area contributed by atoms with Crippen molar-refractivity contribution in [3.8, 4) is 17.2 Å². The molecule has 0 aliphatic heterocycles. The molecule has 3 aromatic carbocycles. The molecule has 0 atom stereocenters. The van der Waals surface area contributed by atoms with Gasteiger partial charge in [-0.25, -0.2) is 0 Å². The van der Waals surface area contributed by atoms with Crippen LogP contribution in [0.3, 0.4) is 0 Å². The lowest BCUT2D eigenvalue weighted by Crippen LogP contribution is -2.14. The van der Waals surface area contributed by atoms with Crippen molar-refractivity contribution in [1.29, 1.82) is 5.26 Å². The summed E-state index contributed by atoms with van der Waals surface area (Å²) in [6.07, 6.45) is 6.68. The van der Waals surface area contributed by atoms with Crippen molar-refractivity contribution in [3.63, 3.8) is 0 Å². The second-order valence-corrected chi connectivity index (χ2v) is 7.63. The van der Waals surface area contributed by atoms with E-state index in [0.29, 0.717) is 17.0 Å². The topological polar surface area (TPSA) is 40.9 Å². The van der Waals surface area contributed by atoms with Gasteiger partial charge in [0.25, 0.3) is 0 Å². The summed E-state index contributed by atoms with van der Waals surface area (Å²) >= 11 is 6.49. The molecule has 0 aromatic heterocycles. The van der Waals surface area contributed by atoms with Crippen LogP contribution in [0.4, 0.5) is 0 Å². The molecule has 3 heteroatoms. The monoisotopic (exact) mass is 381 g/mol. The molecule has 0 bridgehead atoms. The molecule has 0 heterocycles. The van der Waals surface area contributed by atoms with E-state index >= 15 is 0 Å². The van der Waals surface area contributed by atoms with Gasteiger partial charge in [-0.1, -0.05) is 65.7 Å². The minimum absolute atomic E-state index is 0.123. The first-order chi connectivity index (χ1) is 13.7. The maximum Gasteiger partial charge on any atom is 0.168 e. The van der Waals surface area contributed by atoms with Crippen LogP contribution in [0.2, 0.25) is 5.02 Å². The zero-order valence-electron chi connectivity index (χ0n) is 15.1. The second-order valence-electron chi connectivity index (χ2n) is 7.22. The van der Waals surface area contributed by atoms with E-state index in [9.17, 15) is 10.1 Å². The van der Waals surface area contributed by atoms with Crippen molar-refractivity contribution in [2.24, 2.45) is 0 Å². The van der Waals surface area contributed by atoms with E-state index in [1.165, 1.54) is 5.57 Å². The number of benzene rings is 3. The van der Waals surface area contributed by atoms with Crippen molar-refractivity contribution in [2.45, 2.75) is 19.3 Å². The average molecular weight is 382 g/mol. The number of Topliss-reactive ketones (excluding diaryl/α,β-unsaturated/α-hetero) is 1. The fourth-order valence-corrected chi connectivity index (χ4v) is 4.66. The summed E-state index contributed by atoms with van der Waals surface area (Å²) < 4.78 is 0. The molecule has 2 aliphatic rings. The van der Waals surface area contributed by atoms with Crippen molar-refractivity contribution in [3.05, 3.63) is 88.0 Å². The Kier molecular flexibility index (Phi) is 3.93. The Bertz CT molecular complexity index is 1270. The highest BCUT2D eigenvalue weighted by Crippen LogP contribution is 2.44. The van der Waals surface area contributed by atoms with Gasteiger partial charge in [-0.2, -0.15) is 5.26 Å². The van der Waals surface area contributed by atoms with Crippen LogP contribution in [-0.2, 0) is 0 Å². The summed E-state index contributed by atoms with van der Waals surface area (Å²) in [4.78, 5) is 13.2. The third-order valence-electron chi connectivity index (χ3n) is 5.69. The lowest BCUT2D eigenvalue weighted by Gasteiger charge is -2.25. The Labute approximate surface area is 168 Å². The highest BCUT2D eigenvalue weighted by Gasteiger charge is 2.28. The van der Waals surface area contributed by atoms with Crippen LogP contribution in [0.15, 0.2) is 66.3 Å². The third-order valence-corrected chi connectivity index (χ3v) is 6.02. The highest BCUT2D eigenvalue weighted by molar-refractivity contribution is 6.34. The van der Waals surface area contributed by atoms with Gasteiger partial charge in [-0.05, 0) is 41.7 Å². The van der Waals surface area contributed by atoms with E-state index in [1.807, 2.05) is 48.5 Å². The quantitative estimate of drug-likeness (QED) is 0.469. The molecule has 0 amide bonds. The first-order valence-electron chi connectivity index (χ1n) is 9.36. The zero-order chi connectivity index (χ0) is 19.3. The average Bonchev–Trinajstić information content (AvgIpc) is 2.73. The summed E-state index contributed by atoms with van der Waals surface area (Å²) in [7, 11) is 0. The van der Waals surface area contributed by atoms with Crippen LogP contribution in [0, 0.1) is 11.3 Å². The minimum atomic E-state index is 0.123. The van der Waals surface area contributed by atoms with Crippen LogP contribution in [0.1, 0.15) is 40.7 Å². The summed E-state index contributed by atoms with van der Waals surface area (Å²) in [6.45, 7) is 0. The summed E-state index contributed by atoms with van der Waals surface area (Å²) in [5.74, 6) is 0.123. The maximum absolute atomic E-state index is 13.2. The normalized spacial score (nSPS) is 15.4. The van der Waals surface area contributed by atoms with Gasteiger partial charge in [-0.15, -0.1) is 0 Å². The number of fused-ring (bicyclic) bond motifs is 4. The standard InChI is InChI=1S/C25H16ClNO/c26-22-8-4-3-7-19(22)21-10-9-16(14-27)18-11-12-20-17-6-2-1-5-15(17)13-23(28)25(20)24(18)21/h2-4,6-12H,1,5,13H2. The number of carbonyl (C=O) groups is 1. The van der Waals surface area contributed by atoms with Crippen LogP contribution in [0.5, 0.6) is 0 Å². The highest BCUT2D eigenvalue weighted by atomic mass is 35.5. The van der Waals surface area contributed by atoms with Crippen molar-refractivity contribution >= 4 is 33.7 Å². The van der Waals surface area contributed by atoms with Crippen LogP contribution >= 0.6 is 11.6 Å². The smallest absolute Gasteiger partial charge is 0.168 e. The van der Waals surface area contributed by atoms with E-state index in [-0.39, 0.29) is 5.78 Å². The molecule has 3 aromatic rings. The minimum Gasteiger partial charge on any atom is -0.294 e. The lowest BCUT2D eigenvalue weighted by molar-refractivity contribution is 0.0992. The molecule has 0 fully saturated rings. The molecule has 134 valence electrons. The molecule has 28 heavy (non-hydrogen) atoms. The number of allylic oxidation sites excluding steroid dienone is 4. The van der Waals surface area contributed by atoms with Crippen LogP contribution < -0.4 is 0 Å². The van der Waals surface area contributed by atoms with E-state index in [4.69, 9.17) is 11.6 Å². The SMILES string of the molecule is N#Cc1ccc(-c2ccccc2Cl)c2c3c(ccc12)C1=C(CCC=C1)CC3=O. The fourth-order valence-electron chi connectivity index (χ4n) is 4.42. The molecule has 0 N–H and O–H groups in total. The number of ketones is 1. The molecule has 0 unspecified atom stereocenters. The summed E-state index contributed by atoms with van der Waals surface area (Å²) in [5.41, 5.74) is 6.41. The van der Waals surface area contributed by atoms with Crippen molar-refractivity contribution < 1.29 is 4.79 Å². The fraction of sp³-hybridized carbons (Fsp3) is 0.120. The van der Waals surface area contributed by atoms with Gasteiger partial charge in [-0.3, -0.25) is 4.79 Å². The van der Waals surface area contributed by atoms with Gasteiger partial charge in [0.15, 0.2) is 5.78 Å². The number of carbonyl (C=O) groups excluding carboxylic acids is 1. The number of hydrogen-bond acceptors (Lipinski definition) is 2. The second kappa shape index (κ2) is 6.48. The van der Waals surface area contributed by atoms with Crippen molar-refractivity contribution in [2.75, 3.05) is 0 Å². The van der Waals surface area contributed by atoms with Gasteiger partial charge >= 0.3 is 0 Å². The molecule has 2 aliphatic carbocycles. The molecular weight excluding hydrogens is 366 g/mol. The number of hydrogen-bond donors (Lipinski definition) is 0. The Morgan fingerprint density at radius 2 is 1.79 bits per heavy atom. The largest absolute Gasteiger partial charge is 0.294 e. The molecule has 0 radical (unpaired) electrons. The van der Waals surface area contributed by atoms with Crippen LogP contribution in [-0.4, -0.2) is 5.78 Å². The van der Waals surface area contributed by atoms with Gasteiger partial charge in [0.1, 0.15) is 0 Å². The number of nitrogens with zero attached hydrogens (tertiary/aromatic N) is 1. The predicted octanol–water partition coefficient (Wildman–Crippen LogP) is 6.72. The van der Waals surface area contributed by atoms with Gasteiger partial charge < -0.3 is 0 Å². The first-order valence-corrected chi connectivity index (χ1v) is 9.73. The molecule has 0 spiro atoms. The molecule has 2 nitrogen and oxygen atoms in total. The number of halogens is 1. The molecule has 0 saturated carbocycles. The van der Waals surface area contributed by atoms with Gasteiger partial charge in [0.2, 0.25) is 0 Å². The predicted molar refractivity (Wildman–Crippen MR) is 113 cm³/mol. The third kappa shape index (κ3) is 2.44. The maximum atomic E-state index is 13.2. The van der Waals surface area contributed by atoms with Gasteiger partial charge in [0, 0.05) is 33.3 Å². The van der Waals surface area contributed by atoms with E-state index in [0.717, 1.165) is 51.4 Å². The van der Waals surface area contributed by atoms with Crippen molar-refractivity contribution in [1.82, 2.24) is 0 Å². The Hall–Kier alpha value is -3.15. The number of rotatable bonds is 1. The molecule has 5 rings (SSSR count). The van der Waals surface area contributed by atoms with Gasteiger partial charge in [0.05, 0.1) is 11.6 Å². The number of nitriles is 1. The molecule has 0 saturated heterocycles. The Balaban J connectivity index is 1.94. The lowest BCUT2D eigenvalue weighted by atomic mass is 9.77. The van der Waals surface area contributed by atoms with E-state index < -0.39 is 0 Å². The van der Waals surface area contributed by atoms with E-state index in [2.05, 4.69) is 18.2 Å².